The Morgan fingerprint density at radius 1 is 1.31 bits per heavy atom. The molecule has 0 N–H and O–H groups in total. The van der Waals surface area contributed by atoms with Gasteiger partial charge in [-0.15, -0.1) is 0 Å². The van der Waals surface area contributed by atoms with E-state index in [-0.39, 0.29) is 6.29 Å². The van der Waals surface area contributed by atoms with Crippen LogP contribution in [0.5, 0.6) is 0 Å². The Morgan fingerprint density at radius 3 is 2.25 bits per heavy atom. The minimum Gasteiger partial charge on any atom is -0.460 e. The predicted octanol–water partition coefficient (Wildman–Crippen LogP) is 0.489. The molecule has 0 heterocycles. The van der Waals surface area contributed by atoms with Crippen LogP contribution < -0.4 is 0 Å². The van der Waals surface area contributed by atoms with Crippen LogP contribution in [0.15, 0.2) is 5.16 Å². The van der Waals surface area contributed by atoms with E-state index in [9.17, 15) is 14.4 Å². The smallest absolute Gasteiger partial charge is 0.314 e. The lowest BCUT2D eigenvalue weighted by Crippen LogP contribution is -2.27. The molecule has 0 aromatic rings. The Hall–Kier alpha value is -1.72. The first kappa shape index (κ1) is 14.3. The standard InChI is InChI=1S/C10H15NO5/c1-10(2,3)16-9(14)5-8(13)7(6-12)11-15-4/h6H,5H2,1-4H3. The van der Waals surface area contributed by atoms with Crippen molar-refractivity contribution in [3.05, 3.63) is 0 Å². The number of esters is 1. The molecule has 0 atom stereocenters. The van der Waals surface area contributed by atoms with Gasteiger partial charge in [-0.3, -0.25) is 14.4 Å². The van der Waals surface area contributed by atoms with E-state index in [1.165, 1.54) is 7.11 Å². The van der Waals surface area contributed by atoms with Crippen molar-refractivity contribution >= 4 is 23.8 Å². The lowest BCUT2D eigenvalue weighted by atomic mass is 10.1. The van der Waals surface area contributed by atoms with Gasteiger partial charge in [0.05, 0.1) is 0 Å². The first-order chi connectivity index (χ1) is 7.30. The van der Waals surface area contributed by atoms with Crippen molar-refractivity contribution in [3.8, 4) is 0 Å². The maximum Gasteiger partial charge on any atom is 0.314 e. The Bertz CT molecular complexity index is 314. The third kappa shape index (κ3) is 5.90. The molecule has 0 unspecified atom stereocenters. The third-order valence-corrected chi connectivity index (χ3v) is 1.31. The van der Waals surface area contributed by atoms with Crippen LogP contribution in [0.1, 0.15) is 27.2 Å². The number of Topliss-reactive ketones (excluding diaryl/α,β-unsaturated/α-hetero) is 1. The molecule has 0 aliphatic heterocycles. The third-order valence-electron chi connectivity index (χ3n) is 1.31. The maximum atomic E-state index is 11.3. The SMILES string of the molecule is CON=C(C=O)C(=O)CC(=O)OC(C)(C)C. The van der Waals surface area contributed by atoms with Crippen molar-refractivity contribution in [1.29, 1.82) is 0 Å². The summed E-state index contributed by atoms with van der Waals surface area (Å²) in [5.41, 5.74) is -1.11. The first-order valence-electron chi connectivity index (χ1n) is 4.61. The molecule has 0 radical (unpaired) electrons. The molecule has 0 saturated heterocycles. The van der Waals surface area contributed by atoms with Gasteiger partial charge in [0.15, 0.2) is 17.8 Å². The van der Waals surface area contributed by atoms with Crippen molar-refractivity contribution in [3.63, 3.8) is 0 Å². The fourth-order valence-electron chi connectivity index (χ4n) is 0.836. The molecule has 0 fully saturated rings. The molecule has 0 rings (SSSR count). The van der Waals surface area contributed by atoms with Crippen LogP contribution in [0.3, 0.4) is 0 Å². The summed E-state index contributed by atoms with van der Waals surface area (Å²) in [5, 5.41) is 3.18. The van der Waals surface area contributed by atoms with E-state index in [1.54, 1.807) is 20.8 Å². The van der Waals surface area contributed by atoms with E-state index in [2.05, 4.69) is 9.99 Å². The van der Waals surface area contributed by atoms with Gasteiger partial charge in [0.1, 0.15) is 19.1 Å². The van der Waals surface area contributed by atoms with E-state index in [0.717, 1.165) is 0 Å². The van der Waals surface area contributed by atoms with Crippen molar-refractivity contribution in [2.24, 2.45) is 5.16 Å². The number of rotatable bonds is 5. The highest BCUT2D eigenvalue weighted by Gasteiger charge is 2.21. The average molecular weight is 229 g/mol. The second-order valence-corrected chi connectivity index (χ2v) is 3.96. The topological polar surface area (TPSA) is 82.0 Å². The summed E-state index contributed by atoms with van der Waals surface area (Å²) in [5.74, 6) is -1.44. The molecule has 0 aromatic carbocycles. The predicted molar refractivity (Wildman–Crippen MR) is 56.0 cm³/mol. The Morgan fingerprint density at radius 2 is 1.88 bits per heavy atom. The number of ether oxygens (including phenoxy) is 1. The van der Waals surface area contributed by atoms with Crippen molar-refractivity contribution in [1.82, 2.24) is 0 Å². The quantitative estimate of drug-likeness (QED) is 0.225. The van der Waals surface area contributed by atoms with Gasteiger partial charge < -0.3 is 9.57 Å². The fourth-order valence-corrected chi connectivity index (χ4v) is 0.836. The van der Waals surface area contributed by atoms with Crippen LogP contribution >= 0.6 is 0 Å². The number of carbonyl (C=O) groups excluding carboxylic acids is 3. The molecule has 0 aliphatic rings. The summed E-state index contributed by atoms with van der Waals surface area (Å²) in [6, 6.07) is 0. The number of aldehydes is 1. The molecule has 16 heavy (non-hydrogen) atoms. The van der Waals surface area contributed by atoms with Crippen LogP contribution in [-0.4, -0.2) is 36.5 Å². The summed E-state index contributed by atoms with van der Waals surface area (Å²) >= 11 is 0. The molecular formula is C10H15NO5. The monoisotopic (exact) mass is 229 g/mol. The highest BCUT2D eigenvalue weighted by Crippen LogP contribution is 2.08. The molecular weight excluding hydrogens is 214 g/mol. The summed E-state index contributed by atoms with van der Waals surface area (Å²) in [6.45, 7) is 5.04. The highest BCUT2D eigenvalue weighted by atomic mass is 16.6. The van der Waals surface area contributed by atoms with Crippen molar-refractivity contribution in [2.75, 3.05) is 7.11 Å². The number of ketones is 1. The zero-order valence-corrected chi connectivity index (χ0v) is 9.77. The molecule has 0 aromatic heterocycles. The first-order valence-corrected chi connectivity index (χ1v) is 4.61. The molecule has 0 bridgehead atoms. The van der Waals surface area contributed by atoms with Crippen LogP contribution in [-0.2, 0) is 24.0 Å². The molecule has 6 heteroatoms. The average Bonchev–Trinajstić information content (AvgIpc) is 2.10. The molecule has 0 aliphatic carbocycles. The minimum absolute atomic E-state index is 0.232. The maximum absolute atomic E-state index is 11.3. The normalized spacial score (nSPS) is 11.9. The lowest BCUT2D eigenvalue weighted by molar-refractivity contribution is -0.155. The molecule has 0 spiro atoms. The van der Waals surface area contributed by atoms with Gasteiger partial charge in [-0.2, -0.15) is 0 Å². The van der Waals surface area contributed by atoms with Crippen LogP contribution in [0.2, 0.25) is 0 Å². The number of oxime groups is 1. The van der Waals surface area contributed by atoms with E-state index >= 15 is 0 Å². The number of nitrogens with zero attached hydrogens (tertiary/aromatic N) is 1. The van der Waals surface area contributed by atoms with Gasteiger partial charge in [-0.1, -0.05) is 5.16 Å². The molecule has 0 saturated carbocycles. The lowest BCUT2D eigenvalue weighted by Gasteiger charge is -2.18. The van der Waals surface area contributed by atoms with Crippen LogP contribution in [0, 0.1) is 0 Å². The number of hydrogen-bond acceptors (Lipinski definition) is 6. The fraction of sp³-hybridized carbons (Fsp3) is 0.600. The van der Waals surface area contributed by atoms with E-state index < -0.39 is 29.5 Å². The van der Waals surface area contributed by atoms with Gasteiger partial charge in [-0.25, -0.2) is 0 Å². The van der Waals surface area contributed by atoms with Crippen LogP contribution in [0.4, 0.5) is 0 Å². The zero-order valence-electron chi connectivity index (χ0n) is 9.77. The van der Waals surface area contributed by atoms with Crippen molar-refractivity contribution < 1.29 is 24.0 Å². The number of carbonyl (C=O) groups is 3. The van der Waals surface area contributed by atoms with Crippen molar-refractivity contribution in [2.45, 2.75) is 32.8 Å². The van der Waals surface area contributed by atoms with E-state index in [4.69, 9.17) is 4.74 Å². The Balaban J connectivity index is 4.40. The molecule has 0 amide bonds. The van der Waals surface area contributed by atoms with E-state index in [1.807, 2.05) is 0 Å². The zero-order chi connectivity index (χ0) is 12.8. The Labute approximate surface area is 93.6 Å². The second kappa shape index (κ2) is 5.99. The Kier molecular flexibility index (Phi) is 5.35. The van der Waals surface area contributed by atoms with Gasteiger partial charge in [0, 0.05) is 0 Å². The van der Waals surface area contributed by atoms with Gasteiger partial charge in [0.2, 0.25) is 0 Å². The second-order valence-electron chi connectivity index (χ2n) is 3.96. The van der Waals surface area contributed by atoms with Gasteiger partial charge >= 0.3 is 5.97 Å². The van der Waals surface area contributed by atoms with Gasteiger partial charge in [-0.05, 0) is 20.8 Å². The summed E-state index contributed by atoms with van der Waals surface area (Å²) in [7, 11) is 1.20. The summed E-state index contributed by atoms with van der Waals surface area (Å²) < 4.78 is 4.91. The van der Waals surface area contributed by atoms with E-state index in [0.29, 0.717) is 0 Å². The molecule has 6 nitrogen and oxygen atoms in total. The molecule has 90 valence electrons. The summed E-state index contributed by atoms with van der Waals surface area (Å²) in [6.07, 6.45) is -0.297. The largest absolute Gasteiger partial charge is 0.460 e. The van der Waals surface area contributed by atoms with Crippen LogP contribution in [0.25, 0.3) is 0 Å². The summed E-state index contributed by atoms with van der Waals surface area (Å²) in [4.78, 5) is 37.3. The highest BCUT2D eigenvalue weighted by molar-refractivity contribution is 6.61. The number of hydrogen-bond donors (Lipinski definition) is 0. The minimum atomic E-state index is -0.730. The van der Waals surface area contributed by atoms with Gasteiger partial charge in [0.25, 0.3) is 0 Å².